The third-order valence-corrected chi connectivity index (χ3v) is 3.67. The highest BCUT2D eigenvalue weighted by Crippen LogP contribution is 2.34. The van der Waals surface area contributed by atoms with Gasteiger partial charge in [0.25, 0.3) is 0 Å². The Hall–Kier alpha value is -1.61. The summed E-state index contributed by atoms with van der Waals surface area (Å²) in [7, 11) is 0. The van der Waals surface area contributed by atoms with E-state index in [4.69, 9.17) is 9.47 Å². The molecule has 1 saturated carbocycles. The number of hydrogen-bond acceptors (Lipinski definition) is 3. The third-order valence-electron chi connectivity index (χ3n) is 3.67. The molecule has 1 aromatic carbocycles. The number of carbonyl (C=O) groups is 1. The van der Waals surface area contributed by atoms with Gasteiger partial charge in [-0.25, -0.2) is 4.79 Å². The predicted molar refractivity (Wildman–Crippen MR) is 78.5 cm³/mol. The molecule has 0 saturated heterocycles. The smallest absolute Gasteiger partial charge is 0.332 e. The highest BCUT2D eigenvalue weighted by atomic mass is 16.6. The average molecular weight is 274 g/mol. The fourth-order valence-electron chi connectivity index (χ4n) is 2.75. The van der Waals surface area contributed by atoms with E-state index < -0.39 is 0 Å². The van der Waals surface area contributed by atoms with Crippen LogP contribution in [0.2, 0.25) is 0 Å². The summed E-state index contributed by atoms with van der Waals surface area (Å²) in [5.74, 6) is 0.0352. The van der Waals surface area contributed by atoms with Gasteiger partial charge in [0, 0.05) is 5.92 Å². The summed E-state index contributed by atoms with van der Waals surface area (Å²) in [6.45, 7) is 3.93. The SMILES string of the molecule is C=CCOCC(=O)O[C@@H]1CCCC[C@H]1c1ccccc1. The van der Waals surface area contributed by atoms with Crippen molar-refractivity contribution in [3.63, 3.8) is 0 Å². The predicted octanol–water partition coefficient (Wildman–Crippen LogP) is 3.46. The van der Waals surface area contributed by atoms with Crippen LogP contribution in [-0.4, -0.2) is 25.3 Å². The van der Waals surface area contributed by atoms with Crippen LogP contribution in [-0.2, 0) is 14.3 Å². The minimum absolute atomic E-state index is 0.00400. The van der Waals surface area contributed by atoms with E-state index in [0.29, 0.717) is 12.5 Å². The Morgan fingerprint density at radius 1 is 1.25 bits per heavy atom. The van der Waals surface area contributed by atoms with Crippen molar-refractivity contribution in [2.75, 3.05) is 13.2 Å². The maximum absolute atomic E-state index is 11.8. The third kappa shape index (κ3) is 4.20. The summed E-state index contributed by atoms with van der Waals surface area (Å²) in [6.07, 6.45) is 5.93. The Kier molecular flexibility index (Phi) is 5.81. The van der Waals surface area contributed by atoms with Gasteiger partial charge in [-0.1, -0.05) is 42.8 Å². The monoisotopic (exact) mass is 274 g/mol. The minimum Gasteiger partial charge on any atom is -0.460 e. The molecule has 3 nitrogen and oxygen atoms in total. The molecule has 2 atom stereocenters. The lowest BCUT2D eigenvalue weighted by Crippen LogP contribution is -2.30. The summed E-state index contributed by atoms with van der Waals surface area (Å²) in [5, 5.41) is 0. The minimum atomic E-state index is -0.278. The van der Waals surface area contributed by atoms with Gasteiger partial charge in [0.1, 0.15) is 12.7 Å². The topological polar surface area (TPSA) is 35.5 Å². The van der Waals surface area contributed by atoms with Crippen LogP contribution in [0, 0.1) is 0 Å². The Bertz CT molecular complexity index is 427. The molecule has 0 heterocycles. The zero-order valence-corrected chi connectivity index (χ0v) is 11.8. The van der Waals surface area contributed by atoms with Gasteiger partial charge in [-0.2, -0.15) is 0 Å². The van der Waals surface area contributed by atoms with E-state index >= 15 is 0 Å². The first-order valence-corrected chi connectivity index (χ1v) is 7.24. The maximum Gasteiger partial charge on any atom is 0.332 e. The quantitative estimate of drug-likeness (QED) is 0.453. The molecule has 20 heavy (non-hydrogen) atoms. The zero-order chi connectivity index (χ0) is 14.2. The molecule has 0 amide bonds. The molecule has 0 radical (unpaired) electrons. The summed E-state index contributed by atoms with van der Waals surface area (Å²) in [4.78, 5) is 11.8. The highest BCUT2D eigenvalue weighted by Gasteiger charge is 2.29. The van der Waals surface area contributed by atoms with Gasteiger partial charge in [-0.15, -0.1) is 6.58 Å². The normalized spacial score (nSPS) is 22.2. The second kappa shape index (κ2) is 7.85. The molecule has 1 fully saturated rings. The molecular weight excluding hydrogens is 252 g/mol. The van der Waals surface area contributed by atoms with Crippen molar-refractivity contribution < 1.29 is 14.3 Å². The van der Waals surface area contributed by atoms with E-state index in [0.717, 1.165) is 19.3 Å². The fourth-order valence-corrected chi connectivity index (χ4v) is 2.75. The molecule has 0 aliphatic heterocycles. The van der Waals surface area contributed by atoms with E-state index in [1.807, 2.05) is 18.2 Å². The van der Waals surface area contributed by atoms with Crippen LogP contribution < -0.4 is 0 Å². The molecule has 2 rings (SSSR count). The molecule has 0 unspecified atom stereocenters. The van der Waals surface area contributed by atoms with Gasteiger partial charge in [0.2, 0.25) is 0 Å². The standard InChI is InChI=1S/C17H22O3/c1-2-12-19-13-17(18)20-16-11-7-6-10-15(16)14-8-4-3-5-9-14/h2-5,8-9,15-16H,1,6-7,10-13H2/t15-,16+/m0/s1. The second-order valence-electron chi connectivity index (χ2n) is 5.13. The summed E-state index contributed by atoms with van der Waals surface area (Å²) in [5.41, 5.74) is 1.26. The van der Waals surface area contributed by atoms with E-state index in [2.05, 4.69) is 18.7 Å². The van der Waals surface area contributed by atoms with E-state index in [9.17, 15) is 4.79 Å². The molecule has 1 aromatic rings. The van der Waals surface area contributed by atoms with E-state index in [-0.39, 0.29) is 18.7 Å². The van der Waals surface area contributed by atoms with Crippen LogP contribution in [0.25, 0.3) is 0 Å². The fraction of sp³-hybridized carbons (Fsp3) is 0.471. The average Bonchev–Trinajstić information content (AvgIpc) is 2.49. The number of ether oxygens (including phenoxy) is 2. The van der Waals surface area contributed by atoms with Gasteiger partial charge in [0.05, 0.1) is 6.61 Å². The van der Waals surface area contributed by atoms with Crippen LogP contribution in [0.3, 0.4) is 0 Å². The van der Waals surface area contributed by atoms with Crippen molar-refractivity contribution in [1.29, 1.82) is 0 Å². The largest absolute Gasteiger partial charge is 0.460 e. The molecule has 0 aromatic heterocycles. The molecule has 0 N–H and O–H groups in total. The Morgan fingerprint density at radius 2 is 2.00 bits per heavy atom. The Labute approximate surface area is 120 Å². The maximum atomic E-state index is 11.8. The van der Waals surface area contributed by atoms with Crippen molar-refractivity contribution >= 4 is 5.97 Å². The molecule has 108 valence electrons. The van der Waals surface area contributed by atoms with E-state index in [1.54, 1.807) is 6.08 Å². The summed E-state index contributed by atoms with van der Waals surface area (Å²) in [6, 6.07) is 10.3. The van der Waals surface area contributed by atoms with E-state index in [1.165, 1.54) is 12.0 Å². The van der Waals surface area contributed by atoms with Crippen LogP contribution in [0.5, 0.6) is 0 Å². The van der Waals surface area contributed by atoms with Crippen LogP contribution >= 0.6 is 0 Å². The van der Waals surface area contributed by atoms with Crippen molar-refractivity contribution in [1.82, 2.24) is 0 Å². The molecule has 1 aliphatic rings. The van der Waals surface area contributed by atoms with Gasteiger partial charge in [-0.05, 0) is 24.8 Å². The van der Waals surface area contributed by atoms with Crippen molar-refractivity contribution in [3.05, 3.63) is 48.6 Å². The second-order valence-corrected chi connectivity index (χ2v) is 5.13. The molecule has 1 aliphatic carbocycles. The summed E-state index contributed by atoms with van der Waals surface area (Å²) < 4.78 is 10.7. The summed E-state index contributed by atoms with van der Waals surface area (Å²) >= 11 is 0. The number of esters is 1. The first-order valence-electron chi connectivity index (χ1n) is 7.24. The van der Waals surface area contributed by atoms with Crippen molar-refractivity contribution in [2.24, 2.45) is 0 Å². The Balaban J connectivity index is 1.93. The lowest BCUT2D eigenvalue weighted by Gasteiger charge is -2.31. The van der Waals surface area contributed by atoms with Gasteiger partial charge in [-0.3, -0.25) is 0 Å². The van der Waals surface area contributed by atoms with Crippen molar-refractivity contribution in [2.45, 2.75) is 37.7 Å². The lowest BCUT2D eigenvalue weighted by atomic mass is 9.81. The van der Waals surface area contributed by atoms with Crippen LogP contribution in [0.4, 0.5) is 0 Å². The number of hydrogen-bond donors (Lipinski definition) is 0. The molecule has 0 spiro atoms. The first-order chi connectivity index (χ1) is 9.81. The Morgan fingerprint density at radius 3 is 2.75 bits per heavy atom. The van der Waals surface area contributed by atoms with Gasteiger partial charge in [0.15, 0.2) is 0 Å². The van der Waals surface area contributed by atoms with Crippen LogP contribution in [0.15, 0.2) is 43.0 Å². The van der Waals surface area contributed by atoms with Crippen LogP contribution in [0.1, 0.15) is 37.2 Å². The number of benzene rings is 1. The number of rotatable bonds is 6. The molecular formula is C17H22O3. The van der Waals surface area contributed by atoms with Gasteiger partial charge < -0.3 is 9.47 Å². The van der Waals surface area contributed by atoms with Gasteiger partial charge >= 0.3 is 5.97 Å². The first kappa shape index (κ1) is 14.8. The lowest BCUT2D eigenvalue weighted by molar-refractivity contribution is -0.156. The zero-order valence-electron chi connectivity index (χ0n) is 11.8. The molecule has 0 bridgehead atoms. The highest BCUT2D eigenvalue weighted by molar-refractivity contribution is 5.71. The van der Waals surface area contributed by atoms with Crippen molar-refractivity contribution in [3.8, 4) is 0 Å². The number of carbonyl (C=O) groups excluding carboxylic acids is 1. The molecule has 3 heteroatoms.